The lowest BCUT2D eigenvalue weighted by atomic mass is 10.1. The van der Waals surface area contributed by atoms with Crippen molar-refractivity contribution >= 4 is 15.7 Å². The first kappa shape index (κ1) is 14.4. The molecule has 0 fully saturated rings. The number of aryl methyl sites for hydroxylation is 2. The molecule has 0 aliphatic carbocycles. The van der Waals surface area contributed by atoms with E-state index in [1.165, 1.54) is 0 Å². The number of nitrogens with zero attached hydrogens (tertiary/aromatic N) is 3. The molecule has 1 atom stereocenters. The van der Waals surface area contributed by atoms with Gasteiger partial charge in [0.05, 0.1) is 10.9 Å². The molecule has 2 rings (SSSR count). The molecule has 8 nitrogen and oxygen atoms in total. The first-order valence-electron chi connectivity index (χ1n) is 5.93. The number of hydrogen-bond donors (Lipinski definition) is 3. The Labute approximate surface area is 116 Å². The normalized spacial score (nSPS) is 13.3. The molecule has 0 saturated carbocycles. The maximum atomic E-state index is 12.5. The molecular weight excluding hydrogens is 280 g/mol. The smallest absolute Gasteiger partial charge is 0.241 e. The lowest BCUT2D eigenvalue weighted by molar-refractivity contribution is 0.559. The first-order chi connectivity index (χ1) is 9.31. The molecule has 2 aromatic rings. The van der Waals surface area contributed by atoms with Gasteiger partial charge in [0.15, 0.2) is 5.82 Å². The predicted molar refractivity (Wildman–Crippen MR) is 73.2 cm³/mol. The maximum Gasteiger partial charge on any atom is 0.241 e. The molecule has 108 valence electrons. The first-order valence-corrected chi connectivity index (χ1v) is 7.42. The standard InChI is InChI=1S/C11H16N6O2S/c1-6-4-9(12)5-7(2)10(6)20(18,19)15-8(3)11-13-16-17-14-11/h4-5,8,15H,12H2,1-3H3,(H,13,14,16,17). The van der Waals surface area contributed by atoms with Crippen LogP contribution >= 0.6 is 0 Å². The zero-order valence-electron chi connectivity index (χ0n) is 11.4. The Morgan fingerprint density at radius 1 is 1.30 bits per heavy atom. The Morgan fingerprint density at radius 3 is 2.40 bits per heavy atom. The van der Waals surface area contributed by atoms with Gasteiger partial charge in [0.25, 0.3) is 0 Å². The summed E-state index contributed by atoms with van der Waals surface area (Å²) in [6.45, 7) is 5.05. The highest BCUT2D eigenvalue weighted by Crippen LogP contribution is 2.24. The van der Waals surface area contributed by atoms with Crippen molar-refractivity contribution in [3.63, 3.8) is 0 Å². The van der Waals surface area contributed by atoms with E-state index in [1.807, 2.05) is 0 Å². The zero-order chi connectivity index (χ0) is 14.9. The fraction of sp³-hybridized carbons (Fsp3) is 0.364. The molecule has 9 heteroatoms. The van der Waals surface area contributed by atoms with Crippen LogP contribution in [0.3, 0.4) is 0 Å². The minimum Gasteiger partial charge on any atom is -0.399 e. The van der Waals surface area contributed by atoms with Crippen LogP contribution in [0.25, 0.3) is 0 Å². The fourth-order valence-corrected chi connectivity index (χ4v) is 3.76. The van der Waals surface area contributed by atoms with Crippen LogP contribution in [0.15, 0.2) is 17.0 Å². The second kappa shape index (κ2) is 5.17. The number of nitrogens with two attached hydrogens (primary N) is 1. The van der Waals surface area contributed by atoms with Gasteiger partial charge < -0.3 is 5.73 Å². The Kier molecular flexibility index (Phi) is 3.73. The number of tetrazole rings is 1. The number of anilines is 1. The molecule has 0 spiro atoms. The van der Waals surface area contributed by atoms with Crippen LogP contribution in [0, 0.1) is 13.8 Å². The molecule has 1 aromatic heterocycles. The summed E-state index contributed by atoms with van der Waals surface area (Å²) in [5.41, 5.74) is 7.42. The summed E-state index contributed by atoms with van der Waals surface area (Å²) in [4.78, 5) is 0.224. The third-order valence-electron chi connectivity index (χ3n) is 2.83. The molecule has 0 radical (unpaired) electrons. The van der Waals surface area contributed by atoms with Gasteiger partial charge >= 0.3 is 0 Å². The number of H-pyrrole nitrogens is 1. The summed E-state index contributed by atoms with van der Waals surface area (Å²) in [5, 5.41) is 13.2. The summed E-state index contributed by atoms with van der Waals surface area (Å²) in [6.07, 6.45) is 0. The van der Waals surface area contributed by atoms with Crippen molar-refractivity contribution in [1.82, 2.24) is 25.3 Å². The van der Waals surface area contributed by atoms with Crippen LogP contribution in [-0.4, -0.2) is 29.0 Å². The molecule has 0 amide bonds. The Hall–Kier alpha value is -2.00. The summed E-state index contributed by atoms with van der Waals surface area (Å²) in [6, 6.07) is 2.66. The quantitative estimate of drug-likeness (QED) is 0.702. The summed E-state index contributed by atoms with van der Waals surface area (Å²) in [5.74, 6) is 0.277. The van der Waals surface area contributed by atoms with Gasteiger partial charge in [0.1, 0.15) is 0 Å². The molecule has 4 N–H and O–H groups in total. The number of nitrogens with one attached hydrogen (secondary N) is 2. The molecule has 20 heavy (non-hydrogen) atoms. The van der Waals surface area contributed by atoms with E-state index in [4.69, 9.17) is 5.73 Å². The third kappa shape index (κ3) is 2.78. The minimum atomic E-state index is -3.69. The lowest BCUT2D eigenvalue weighted by Gasteiger charge is -2.15. The Balaban J connectivity index is 2.37. The van der Waals surface area contributed by atoms with E-state index in [0.29, 0.717) is 16.8 Å². The topological polar surface area (TPSA) is 127 Å². The lowest BCUT2D eigenvalue weighted by Crippen LogP contribution is -2.29. The Bertz CT molecular complexity index is 688. The number of benzene rings is 1. The van der Waals surface area contributed by atoms with Crippen molar-refractivity contribution in [2.45, 2.75) is 31.7 Å². The molecular formula is C11H16N6O2S. The molecule has 0 bridgehead atoms. The minimum absolute atomic E-state index is 0.224. The van der Waals surface area contributed by atoms with E-state index in [0.717, 1.165) is 0 Å². The van der Waals surface area contributed by atoms with Gasteiger partial charge in [-0.25, -0.2) is 13.1 Å². The van der Waals surface area contributed by atoms with Gasteiger partial charge in [-0.15, -0.1) is 10.2 Å². The summed E-state index contributed by atoms with van der Waals surface area (Å²) < 4.78 is 27.4. The van der Waals surface area contributed by atoms with Crippen LogP contribution in [0.1, 0.15) is 29.9 Å². The van der Waals surface area contributed by atoms with Crippen LogP contribution < -0.4 is 10.5 Å². The van der Waals surface area contributed by atoms with Crippen LogP contribution in [-0.2, 0) is 10.0 Å². The highest BCUT2D eigenvalue weighted by molar-refractivity contribution is 7.89. The van der Waals surface area contributed by atoms with E-state index >= 15 is 0 Å². The van der Waals surface area contributed by atoms with Gasteiger partial charge in [0, 0.05) is 5.69 Å². The SMILES string of the molecule is Cc1cc(N)cc(C)c1S(=O)(=O)NC(C)c1nn[nH]n1. The summed E-state index contributed by atoms with van der Waals surface area (Å²) >= 11 is 0. The van der Waals surface area contributed by atoms with Crippen molar-refractivity contribution in [1.29, 1.82) is 0 Å². The molecule has 1 heterocycles. The zero-order valence-corrected chi connectivity index (χ0v) is 12.2. The van der Waals surface area contributed by atoms with Gasteiger partial charge in [0.2, 0.25) is 10.0 Å². The predicted octanol–water partition coefficient (Wildman–Crippen LogP) is 0.438. The van der Waals surface area contributed by atoms with Gasteiger partial charge in [-0.1, -0.05) is 5.21 Å². The van der Waals surface area contributed by atoms with Gasteiger partial charge in [-0.05, 0) is 44.0 Å². The second-order valence-corrected chi connectivity index (χ2v) is 6.25. The highest BCUT2D eigenvalue weighted by atomic mass is 32.2. The number of nitrogen functional groups attached to an aromatic ring is 1. The van der Waals surface area contributed by atoms with Crippen molar-refractivity contribution in [2.24, 2.45) is 0 Å². The second-order valence-electron chi connectivity index (χ2n) is 4.60. The van der Waals surface area contributed by atoms with Crippen molar-refractivity contribution in [3.8, 4) is 0 Å². The van der Waals surface area contributed by atoms with Crippen molar-refractivity contribution < 1.29 is 8.42 Å². The number of hydrogen-bond acceptors (Lipinski definition) is 6. The average molecular weight is 296 g/mol. The van der Waals surface area contributed by atoms with E-state index in [9.17, 15) is 8.42 Å². The number of aromatic nitrogens is 4. The number of rotatable bonds is 4. The highest BCUT2D eigenvalue weighted by Gasteiger charge is 2.24. The van der Waals surface area contributed by atoms with E-state index in [-0.39, 0.29) is 10.7 Å². The molecule has 0 aliphatic heterocycles. The largest absolute Gasteiger partial charge is 0.399 e. The number of aromatic amines is 1. The Morgan fingerprint density at radius 2 is 1.90 bits per heavy atom. The van der Waals surface area contributed by atoms with Gasteiger partial charge in [-0.3, -0.25) is 0 Å². The molecule has 0 aliphatic rings. The van der Waals surface area contributed by atoms with Crippen LogP contribution in [0.2, 0.25) is 0 Å². The number of sulfonamides is 1. The summed E-state index contributed by atoms with van der Waals surface area (Å²) in [7, 11) is -3.69. The average Bonchev–Trinajstić information content (AvgIpc) is 2.78. The van der Waals surface area contributed by atoms with E-state index in [2.05, 4.69) is 25.3 Å². The van der Waals surface area contributed by atoms with Crippen LogP contribution in [0.5, 0.6) is 0 Å². The molecule has 0 saturated heterocycles. The van der Waals surface area contributed by atoms with Crippen molar-refractivity contribution in [3.05, 3.63) is 29.1 Å². The monoisotopic (exact) mass is 296 g/mol. The fourth-order valence-electron chi connectivity index (χ4n) is 2.10. The van der Waals surface area contributed by atoms with Gasteiger partial charge in [-0.2, -0.15) is 5.21 Å². The van der Waals surface area contributed by atoms with Crippen molar-refractivity contribution in [2.75, 3.05) is 5.73 Å². The maximum absolute atomic E-state index is 12.5. The van der Waals surface area contributed by atoms with E-state index in [1.54, 1.807) is 32.9 Å². The molecule has 1 unspecified atom stereocenters. The third-order valence-corrected chi connectivity index (χ3v) is 4.68. The van der Waals surface area contributed by atoms with E-state index < -0.39 is 16.1 Å². The molecule has 1 aromatic carbocycles. The van der Waals surface area contributed by atoms with Crippen LogP contribution in [0.4, 0.5) is 5.69 Å².